The van der Waals surface area contributed by atoms with E-state index in [0.717, 1.165) is 11.8 Å². The Bertz CT molecular complexity index is 1210. The second kappa shape index (κ2) is 11.9. The van der Waals surface area contributed by atoms with Gasteiger partial charge in [-0.05, 0) is 18.2 Å². The number of hydrogen-bond acceptors (Lipinski definition) is 11. The molecule has 190 valence electrons. The quantitative estimate of drug-likeness (QED) is 0.289. The van der Waals surface area contributed by atoms with Crippen molar-refractivity contribution in [2.24, 2.45) is 10.2 Å². The number of carbonyl (C=O) groups is 2. The smallest absolute Gasteiger partial charge is 0.273 e. The van der Waals surface area contributed by atoms with Gasteiger partial charge in [-0.3, -0.25) is 19.7 Å². The molecule has 0 aromatic heterocycles. The highest BCUT2D eigenvalue weighted by Crippen LogP contribution is 2.37. The molecule has 1 atom stereocenters. The van der Waals surface area contributed by atoms with Crippen molar-refractivity contribution in [3.8, 4) is 23.0 Å². The van der Waals surface area contributed by atoms with E-state index >= 15 is 0 Å². The molecule has 2 N–H and O–H groups in total. The van der Waals surface area contributed by atoms with Crippen molar-refractivity contribution in [1.29, 1.82) is 0 Å². The van der Waals surface area contributed by atoms with E-state index in [2.05, 4.69) is 20.8 Å². The largest absolute Gasteiger partial charge is 0.494 e. The van der Waals surface area contributed by atoms with Crippen molar-refractivity contribution in [1.82, 2.24) is 5.32 Å². The summed E-state index contributed by atoms with van der Waals surface area (Å²) in [5.74, 6) is 0.507. The molecule has 0 radical (unpaired) electrons. The number of nitro benzene ring substituents is 1. The number of ether oxygens (including phenoxy) is 4. The first kappa shape index (κ1) is 26.3. The van der Waals surface area contributed by atoms with Gasteiger partial charge in [0, 0.05) is 18.1 Å². The van der Waals surface area contributed by atoms with Crippen molar-refractivity contribution in [2.45, 2.75) is 11.7 Å². The second-order valence-electron chi connectivity index (χ2n) is 7.10. The predicted molar refractivity (Wildman–Crippen MR) is 134 cm³/mol. The number of amides is 2. The van der Waals surface area contributed by atoms with Crippen LogP contribution in [0.15, 0.2) is 40.5 Å². The zero-order valence-corrected chi connectivity index (χ0v) is 20.6. The minimum atomic E-state index is -0.811. The highest BCUT2D eigenvalue weighted by Gasteiger charge is 2.31. The fraction of sp³-hybridized carbons (Fsp3) is 0.273. The first-order valence-corrected chi connectivity index (χ1v) is 11.2. The molecule has 3 rings (SSSR count). The zero-order chi connectivity index (χ0) is 26.2. The minimum absolute atomic E-state index is 0.0958. The van der Waals surface area contributed by atoms with Gasteiger partial charge < -0.3 is 29.6 Å². The zero-order valence-electron chi connectivity index (χ0n) is 19.8. The molecule has 0 spiro atoms. The lowest BCUT2D eigenvalue weighted by atomic mass is 10.2. The molecule has 1 saturated heterocycles. The predicted octanol–water partition coefficient (Wildman–Crippen LogP) is 2.58. The Morgan fingerprint density at radius 3 is 2.36 bits per heavy atom. The number of rotatable bonds is 9. The molecule has 1 heterocycles. The van der Waals surface area contributed by atoms with E-state index in [9.17, 15) is 19.7 Å². The van der Waals surface area contributed by atoms with Gasteiger partial charge in [0.2, 0.25) is 17.6 Å². The molecule has 2 amide bonds. The molecule has 1 aliphatic rings. The molecule has 36 heavy (non-hydrogen) atoms. The van der Waals surface area contributed by atoms with Crippen LogP contribution < -0.4 is 29.6 Å². The highest BCUT2D eigenvalue weighted by atomic mass is 32.2. The van der Waals surface area contributed by atoms with E-state index in [-0.39, 0.29) is 28.7 Å². The summed E-state index contributed by atoms with van der Waals surface area (Å²) in [5.41, 5.74) is 0.648. The number of thioether (sulfide) groups is 1. The van der Waals surface area contributed by atoms with E-state index in [4.69, 9.17) is 18.9 Å². The first-order valence-electron chi connectivity index (χ1n) is 10.3. The molecule has 2 aromatic rings. The fourth-order valence-corrected chi connectivity index (χ4v) is 4.11. The van der Waals surface area contributed by atoms with Crippen LogP contribution >= 0.6 is 11.8 Å². The summed E-state index contributed by atoms with van der Waals surface area (Å²) in [6, 6.07) is 7.14. The van der Waals surface area contributed by atoms with Gasteiger partial charge in [0.15, 0.2) is 16.7 Å². The third-order valence-corrected chi connectivity index (χ3v) is 5.93. The molecule has 1 aliphatic heterocycles. The number of methoxy groups -OCH3 is 4. The Labute approximate surface area is 210 Å². The molecule has 2 aromatic carbocycles. The lowest BCUT2D eigenvalue weighted by Gasteiger charge is -2.22. The number of amidine groups is 1. The van der Waals surface area contributed by atoms with Crippen molar-refractivity contribution in [2.75, 3.05) is 33.8 Å². The maximum Gasteiger partial charge on any atom is 0.273 e. The number of non-ortho nitro benzene ring substituents is 1. The average Bonchev–Trinajstić information content (AvgIpc) is 2.87. The van der Waals surface area contributed by atoms with Crippen molar-refractivity contribution in [3.05, 3.63) is 46.0 Å². The van der Waals surface area contributed by atoms with Crippen molar-refractivity contribution in [3.63, 3.8) is 0 Å². The average molecular weight is 518 g/mol. The van der Waals surface area contributed by atoms with E-state index in [1.54, 1.807) is 12.1 Å². The van der Waals surface area contributed by atoms with Gasteiger partial charge in [-0.15, -0.1) is 5.10 Å². The summed E-state index contributed by atoms with van der Waals surface area (Å²) in [6.07, 6.45) is 1.33. The first-order chi connectivity index (χ1) is 17.3. The van der Waals surface area contributed by atoms with Crippen LogP contribution in [0.3, 0.4) is 0 Å². The molecule has 0 bridgehead atoms. The van der Waals surface area contributed by atoms with Crippen LogP contribution in [0.2, 0.25) is 0 Å². The van der Waals surface area contributed by atoms with Crippen LogP contribution in [0.1, 0.15) is 12.0 Å². The Morgan fingerprint density at radius 1 is 1.11 bits per heavy atom. The molecule has 1 fully saturated rings. The van der Waals surface area contributed by atoms with Gasteiger partial charge in [0.05, 0.1) is 51.3 Å². The number of anilines is 1. The van der Waals surface area contributed by atoms with E-state index < -0.39 is 22.0 Å². The fourth-order valence-electron chi connectivity index (χ4n) is 3.17. The summed E-state index contributed by atoms with van der Waals surface area (Å²) in [5, 5.41) is 23.5. The SMILES string of the molecule is COc1cc([N+](=O)[O-])ccc1NC(=O)C1CC(=O)N/C(=N/N=Cc2cc(OC)c(OC)c(OC)c2)S1. The van der Waals surface area contributed by atoms with Crippen LogP contribution in [-0.4, -0.2) is 61.8 Å². The van der Waals surface area contributed by atoms with Crippen LogP contribution in [0.25, 0.3) is 0 Å². The topological polar surface area (TPSA) is 163 Å². The van der Waals surface area contributed by atoms with Gasteiger partial charge in [-0.2, -0.15) is 5.10 Å². The monoisotopic (exact) mass is 517 g/mol. The molecule has 14 heteroatoms. The normalized spacial score (nSPS) is 16.4. The lowest BCUT2D eigenvalue weighted by Crippen LogP contribution is -2.41. The van der Waals surface area contributed by atoms with Gasteiger partial charge in [-0.25, -0.2) is 0 Å². The van der Waals surface area contributed by atoms with Crippen LogP contribution in [0, 0.1) is 10.1 Å². The van der Waals surface area contributed by atoms with Gasteiger partial charge >= 0.3 is 0 Å². The molecule has 0 saturated carbocycles. The van der Waals surface area contributed by atoms with E-state index in [1.807, 2.05) is 0 Å². The minimum Gasteiger partial charge on any atom is -0.494 e. The van der Waals surface area contributed by atoms with Crippen LogP contribution in [0.4, 0.5) is 11.4 Å². The Hall–Kier alpha value is -4.33. The van der Waals surface area contributed by atoms with Crippen LogP contribution in [0.5, 0.6) is 23.0 Å². The molecule has 0 aliphatic carbocycles. The summed E-state index contributed by atoms with van der Waals surface area (Å²) >= 11 is 1.01. The number of carbonyl (C=O) groups excluding carboxylic acids is 2. The van der Waals surface area contributed by atoms with Gasteiger partial charge in [0.1, 0.15) is 11.0 Å². The third-order valence-electron chi connectivity index (χ3n) is 4.86. The summed E-state index contributed by atoms with van der Waals surface area (Å²) in [7, 11) is 5.80. The maximum atomic E-state index is 12.8. The molecular formula is C22H23N5O8S. The number of nitro groups is 1. The summed E-state index contributed by atoms with van der Waals surface area (Å²) < 4.78 is 21.0. The Morgan fingerprint density at radius 2 is 1.78 bits per heavy atom. The Balaban J connectivity index is 1.74. The second-order valence-corrected chi connectivity index (χ2v) is 8.29. The number of nitrogens with one attached hydrogen (secondary N) is 2. The van der Waals surface area contributed by atoms with Gasteiger partial charge in [0.25, 0.3) is 5.69 Å². The van der Waals surface area contributed by atoms with Crippen LogP contribution in [-0.2, 0) is 9.59 Å². The van der Waals surface area contributed by atoms with E-state index in [1.165, 1.54) is 52.9 Å². The molecular weight excluding hydrogens is 494 g/mol. The summed E-state index contributed by atoms with van der Waals surface area (Å²) in [6.45, 7) is 0. The molecule has 13 nitrogen and oxygen atoms in total. The third kappa shape index (κ3) is 6.21. The van der Waals surface area contributed by atoms with E-state index in [0.29, 0.717) is 22.8 Å². The Kier molecular flexibility index (Phi) is 8.67. The van der Waals surface area contributed by atoms with Crippen molar-refractivity contribution >= 4 is 46.3 Å². The number of benzene rings is 2. The number of nitrogens with zero attached hydrogens (tertiary/aromatic N) is 3. The maximum absolute atomic E-state index is 12.8. The molecule has 1 unspecified atom stereocenters. The lowest BCUT2D eigenvalue weighted by molar-refractivity contribution is -0.384. The van der Waals surface area contributed by atoms with Crippen molar-refractivity contribution < 1.29 is 33.5 Å². The standard InChI is InChI=1S/C22H23N5O8S/c1-32-15-9-13(27(30)31)5-6-14(15)24-21(29)18-10-19(28)25-22(36-18)26-23-11-12-7-16(33-2)20(35-4)17(8-12)34-3/h5-9,11,18H,10H2,1-4H3,(H,24,29)(H,25,26,28). The van der Waals surface area contributed by atoms with Gasteiger partial charge in [-0.1, -0.05) is 11.8 Å². The summed E-state index contributed by atoms with van der Waals surface area (Å²) in [4.78, 5) is 35.4. The highest BCUT2D eigenvalue weighted by molar-refractivity contribution is 8.15. The number of hydrogen-bond donors (Lipinski definition) is 2.